The van der Waals surface area contributed by atoms with Gasteiger partial charge in [-0.3, -0.25) is 0 Å². The molecule has 0 saturated heterocycles. The number of benzene rings is 1. The zero-order chi connectivity index (χ0) is 12.8. The van der Waals surface area contributed by atoms with Gasteiger partial charge >= 0.3 is 0 Å². The fourth-order valence-corrected chi connectivity index (χ4v) is 1.91. The number of rotatable bonds is 6. The number of anilines is 1. The lowest BCUT2D eigenvalue weighted by Crippen LogP contribution is -2.21. The van der Waals surface area contributed by atoms with Crippen molar-refractivity contribution in [2.24, 2.45) is 0 Å². The summed E-state index contributed by atoms with van der Waals surface area (Å²) in [7, 11) is 0. The van der Waals surface area contributed by atoms with Crippen LogP contribution in [0.15, 0.2) is 18.2 Å². The first kappa shape index (κ1) is 13.8. The quantitative estimate of drug-likeness (QED) is 0.799. The van der Waals surface area contributed by atoms with Crippen molar-refractivity contribution in [1.29, 1.82) is 0 Å². The van der Waals surface area contributed by atoms with Gasteiger partial charge in [0.15, 0.2) is 0 Å². The Hall–Kier alpha value is -1.22. The van der Waals surface area contributed by atoms with Gasteiger partial charge in [-0.05, 0) is 45.2 Å². The van der Waals surface area contributed by atoms with E-state index in [-0.39, 0.29) is 6.10 Å². The van der Waals surface area contributed by atoms with Crippen molar-refractivity contribution in [3.8, 4) is 5.75 Å². The number of aliphatic hydroxyl groups is 1. The van der Waals surface area contributed by atoms with E-state index in [2.05, 4.69) is 18.7 Å². The molecule has 1 aromatic carbocycles. The predicted octanol–water partition coefficient (Wildman–Crippen LogP) is 2.55. The Balaban J connectivity index is 2.78. The van der Waals surface area contributed by atoms with Crippen LogP contribution in [0.3, 0.4) is 0 Å². The number of phenolic OH excluding ortho intramolecular Hbond substituents is 1. The Morgan fingerprint density at radius 3 is 2.35 bits per heavy atom. The molecule has 3 heteroatoms. The first-order valence-electron chi connectivity index (χ1n) is 6.33. The number of aromatic hydroxyl groups is 1. The molecule has 0 fully saturated rings. The second kappa shape index (κ2) is 6.50. The van der Waals surface area contributed by atoms with Gasteiger partial charge < -0.3 is 15.1 Å². The van der Waals surface area contributed by atoms with Crippen molar-refractivity contribution < 1.29 is 10.2 Å². The molecule has 0 spiro atoms. The van der Waals surface area contributed by atoms with Crippen molar-refractivity contribution in [3.05, 3.63) is 23.8 Å². The molecule has 0 aliphatic carbocycles. The molecule has 0 amide bonds. The van der Waals surface area contributed by atoms with E-state index in [1.54, 1.807) is 6.92 Å². The minimum atomic E-state index is -0.322. The number of aryl methyl sites for hydroxylation is 1. The van der Waals surface area contributed by atoms with E-state index >= 15 is 0 Å². The molecule has 2 N–H and O–H groups in total. The lowest BCUT2D eigenvalue weighted by atomic mass is 10.1. The van der Waals surface area contributed by atoms with Crippen LogP contribution < -0.4 is 4.90 Å². The largest absolute Gasteiger partial charge is 0.508 e. The van der Waals surface area contributed by atoms with E-state index in [9.17, 15) is 10.2 Å². The first-order chi connectivity index (χ1) is 8.08. The molecule has 3 nitrogen and oxygen atoms in total. The Morgan fingerprint density at radius 1 is 1.24 bits per heavy atom. The Morgan fingerprint density at radius 2 is 1.88 bits per heavy atom. The standard InChI is InChI=1S/C14H23NO2/c1-4-15(5-2)13-9-8-12(14(17)10-13)7-6-11(3)16/h8-11,16-17H,4-7H2,1-3H3/t11-/m1/s1. The highest BCUT2D eigenvalue weighted by Gasteiger charge is 2.07. The third-order valence-electron chi connectivity index (χ3n) is 3.03. The van der Waals surface area contributed by atoms with Gasteiger partial charge in [-0.1, -0.05) is 6.07 Å². The maximum Gasteiger partial charge on any atom is 0.120 e. The van der Waals surface area contributed by atoms with Gasteiger partial charge in [0.05, 0.1) is 6.10 Å². The molecular weight excluding hydrogens is 214 g/mol. The Bertz CT molecular complexity index is 346. The van der Waals surface area contributed by atoms with E-state index in [4.69, 9.17) is 0 Å². The minimum Gasteiger partial charge on any atom is -0.508 e. The molecule has 0 bridgehead atoms. The molecule has 17 heavy (non-hydrogen) atoms. The van der Waals surface area contributed by atoms with Gasteiger partial charge in [0.2, 0.25) is 0 Å². The third kappa shape index (κ3) is 3.93. The van der Waals surface area contributed by atoms with Gasteiger partial charge in [0.25, 0.3) is 0 Å². The number of hydrogen-bond donors (Lipinski definition) is 2. The normalized spacial score (nSPS) is 12.5. The van der Waals surface area contributed by atoms with Gasteiger partial charge in [0.1, 0.15) is 5.75 Å². The molecule has 0 radical (unpaired) electrons. The van der Waals surface area contributed by atoms with E-state index in [1.165, 1.54) is 0 Å². The summed E-state index contributed by atoms with van der Waals surface area (Å²) in [6, 6.07) is 5.79. The predicted molar refractivity (Wildman–Crippen MR) is 71.7 cm³/mol. The lowest BCUT2D eigenvalue weighted by molar-refractivity contribution is 0.184. The summed E-state index contributed by atoms with van der Waals surface area (Å²) in [6.07, 6.45) is 1.07. The first-order valence-corrected chi connectivity index (χ1v) is 6.33. The molecule has 0 aliphatic rings. The molecule has 96 valence electrons. The summed E-state index contributed by atoms with van der Waals surface area (Å²) in [5.74, 6) is 0.329. The molecular formula is C14H23NO2. The average Bonchev–Trinajstić information content (AvgIpc) is 2.29. The van der Waals surface area contributed by atoms with Gasteiger partial charge in [0, 0.05) is 24.8 Å². The summed E-state index contributed by atoms with van der Waals surface area (Å²) in [6.45, 7) is 7.83. The highest BCUT2D eigenvalue weighted by molar-refractivity contribution is 5.53. The number of aliphatic hydroxyl groups excluding tert-OH is 1. The maximum absolute atomic E-state index is 9.94. The number of nitrogens with zero attached hydrogens (tertiary/aromatic N) is 1. The van der Waals surface area contributed by atoms with E-state index in [0.717, 1.165) is 24.3 Å². The monoisotopic (exact) mass is 237 g/mol. The van der Waals surface area contributed by atoms with Crippen LogP contribution in [0, 0.1) is 0 Å². The summed E-state index contributed by atoms with van der Waals surface area (Å²) in [5.41, 5.74) is 1.95. The fourth-order valence-electron chi connectivity index (χ4n) is 1.91. The van der Waals surface area contributed by atoms with Crippen molar-refractivity contribution in [2.75, 3.05) is 18.0 Å². The highest BCUT2D eigenvalue weighted by Crippen LogP contribution is 2.25. The SMILES string of the molecule is CCN(CC)c1ccc(CC[C@@H](C)O)c(O)c1. The average molecular weight is 237 g/mol. The Labute approximate surface area is 104 Å². The van der Waals surface area contributed by atoms with Crippen LogP contribution >= 0.6 is 0 Å². The summed E-state index contributed by atoms with van der Waals surface area (Å²) >= 11 is 0. The number of hydrogen-bond acceptors (Lipinski definition) is 3. The highest BCUT2D eigenvalue weighted by atomic mass is 16.3. The molecule has 1 aromatic rings. The van der Waals surface area contributed by atoms with Crippen LogP contribution in [0.25, 0.3) is 0 Å². The molecule has 1 rings (SSSR count). The van der Waals surface area contributed by atoms with Gasteiger partial charge in [-0.25, -0.2) is 0 Å². The fraction of sp³-hybridized carbons (Fsp3) is 0.571. The maximum atomic E-state index is 9.94. The smallest absolute Gasteiger partial charge is 0.120 e. The van der Waals surface area contributed by atoms with Gasteiger partial charge in [-0.2, -0.15) is 0 Å². The molecule has 0 heterocycles. The van der Waals surface area contributed by atoms with Crippen LogP contribution in [0.2, 0.25) is 0 Å². The van der Waals surface area contributed by atoms with Crippen LogP contribution in [0.1, 0.15) is 32.8 Å². The zero-order valence-corrected chi connectivity index (χ0v) is 11.0. The molecule has 0 aliphatic heterocycles. The summed E-state index contributed by atoms with van der Waals surface area (Å²) in [5, 5.41) is 19.2. The topological polar surface area (TPSA) is 43.7 Å². The van der Waals surface area contributed by atoms with Gasteiger partial charge in [-0.15, -0.1) is 0 Å². The zero-order valence-electron chi connectivity index (χ0n) is 11.0. The van der Waals surface area contributed by atoms with Crippen LogP contribution in [0.5, 0.6) is 5.75 Å². The van der Waals surface area contributed by atoms with Crippen molar-refractivity contribution >= 4 is 5.69 Å². The third-order valence-corrected chi connectivity index (χ3v) is 3.03. The van der Waals surface area contributed by atoms with Crippen LogP contribution in [-0.4, -0.2) is 29.4 Å². The van der Waals surface area contributed by atoms with E-state index in [0.29, 0.717) is 18.6 Å². The Kier molecular flexibility index (Phi) is 5.29. The molecule has 1 atom stereocenters. The molecule has 0 saturated carbocycles. The second-order valence-electron chi connectivity index (χ2n) is 4.37. The second-order valence-corrected chi connectivity index (χ2v) is 4.37. The van der Waals surface area contributed by atoms with Crippen LogP contribution in [0.4, 0.5) is 5.69 Å². The van der Waals surface area contributed by atoms with Crippen molar-refractivity contribution in [1.82, 2.24) is 0 Å². The summed E-state index contributed by atoms with van der Waals surface area (Å²) < 4.78 is 0. The molecule has 0 unspecified atom stereocenters. The molecule has 0 aromatic heterocycles. The van der Waals surface area contributed by atoms with Crippen molar-refractivity contribution in [2.45, 2.75) is 39.7 Å². The number of phenols is 1. The van der Waals surface area contributed by atoms with Crippen molar-refractivity contribution in [3.63, 3.8) is 0 Å². The lowest BCUT2D eigenvalue weighted by Gasteiger charge is -2.21. The van der Waals surface area contributed by atoms with E-state index < -0.39 is 0 Å². The van der Waals surface area contributed by atoms with E-state index in [1.807, 2.05) is 18.2 Å². The van der Waals surface area contributed by atoms with Crippen LogP contribution in [-0.2, 0) is 6.42 Å². The summed E-state index contributed by atoms with van der Waals surface area (Å²) in [4.78, 5) is 2.19. The minimum absolute atomic E-state index is 0.322.